The molecule has 2 amide bonds. The highest BCUT2D eigenvalue weighted by Crippen LogP contribution is 2.21. The zero-order valence-electron chi connectivity index (χ0n) is 18.7. The third-order valence-corrected chi connectivity index (χ3v) is 5.31. The van der Waals surface area contributed by atoms with Gasteiger partial charge in [-0.25, -0.2) is 4.39 Å². The van der Waals surface area contributed by atoms with Gasteiger partial charge in [-0.1, -0.05) is 54.1 Å². The van der Waals surface area contributed by atoms with Crippen LogP contribution in [-0.4, -0.2) is 16.7 Å². The first kappa shape index (κ1) is 23.7. The molecule has 1 N–H and O–H groups in total. The van der Waals surface area contributed by atoms with Gasteiger partial charge in [0.2, 0.25) is 11.8 Å². The SMILES string of the molecule is CC(=O)NC(CC(=O)N(Cc1ccc(C#N)cc1)Cc1cccc(F)c1)c1ccc(C)cc1. The molecule has 168 valence electrons. The number of hydrogen-bond acceptors (Lipinski definition) is 3. The average molecular weight is 444 g/mol. The van der Waals surface area contributed by atoms with E-state index in [2.05, 4.69) is 11.4 Å². The van der Waals surface area contributed by atoms with Gasteiger partial charge in [-0.15, -0.1) is 0 Å². The summed E-state index contributed by atoms with van der Waals surface area (Å²) in [6.45, 7) is 3.91. The molecule has 1 unspecified atom stereocenters. The van der Waals surface area contributed by atoms with Crippen molar-refractivity contribution < 1.29 is 14.0 Å². The number of halogens is 1. The van der Waals surface area contributed by atoms with Crippen LogP contribution >= 0.6 is 0 Å². The zero-order chi connectivity index (χ0) is 23.8. The third kappa shape index (κ3) is 7.01. The van der Waals surface area contributed by atoms with Crippen molar-refractivity contribution in [3.05, 3.63) is 106 Å². The van der Waals surface area contributed by atoms with E-state index in [-0.39, 0.29) is 30.6 Å². The summed E-state index contributed by atoms with van der Waals surface area (Å²) >= 11 is 0. The second-order valence-corrected chi connectivity index (χ2v) is 8.06. The highest BCUT2D eigenvalue weighted by atomic mass is 19.1. The number of amides is 2. The lowest BCUT2D eigenvalue weighted by atomic mass is 10.0. The number of benzene rings is 3. The van der Waals surface area contributed by atoms with Crippen molar-refractivity contribution in [2.24, 2.45) is 0 Å². The molecule has 5 nitrogen and oxygen atoms in total. The molecule has 0 radical (unpaired) electrons. The number of nitriles is 1. The van der Waals surface area contributed by atoms with E-state index in [9.17, 15) is 14.0 Å². The molecular weight excluding hydrogens is 417 g/mol. The molecule has 3 rings (SSSR count). The Morgan fingerprint density at radius 2 is 1.67 bits per heavy atom. The molecule has 0 aliphatic carbocycles. The molecule has 0 aliphatic rings. The lowest BCUT2D eigenvalue weighted by molar-refractivity contribution is -0.133. The lowest BCUT2D eigenvalue weighted by Crippen LogP contribution is -2.35. The van der Waals surface area contributed by atoms with Crippen LogP contribution in [0.1, 0.15) is 47.2 Å². The lowest BCUT2D eigenvalue weighted by Gasteiger charge is -2.26. The summed E-state index contributed by atoms with van der Waals surface area (Å²) in [5, 5.41) is 11.9. The second kappa shape index (κ2) is 11.1. The summed E-state index contributed by atoms with van der Waals surface area (Å²) in [5.74, 6) is -0.769. The summed E-state index contributed by atoms with van der Waals surface area (Å²) in [6, 6.07) is 22.4. The number of rotatable bonds is 8. The Morgan fingerprint density at radius 1 is 1.00 bits per heavy atom. The third-order valence-electron chi connectivity index (χ3n) is 5.31. The monoisotopic (exact) mass is 443 g/mol. The molecule has 0 aliphatic heterocycles. The van der Waals surface area contributed by atoms with Gasteiger partial charge < -0.3 is 10.2 Å². The van der Waals surface area contributed by atoms with Gasteiger partial charge in [-0.2, -0.15) is 5.26 Å². The van der Waals surface area contributed by atoms with Gasteiger partial charge in [-0.05, 0) is 47.9 Å². The summed E-state index contributed by atoms with van der Waals surface area (Å²) in [4.78, 5) is 26.9. The Balaban J connectivity index is 1.85. The Kier molecular flexibility index (Phi) is 7.93. The van der Waals surface area contributed by atoms with Crippen LogP contribution in [0.3, 0.4) is 0 Å². The van der Waals surface area contributed by atoms with Gasteiger partial charge in [0.15, 0.2) is 0 Å². The van der Waals surface area contributed by atoms with Crippen LogP contribution in [0, 0.1) is 24.1 Å². The van der Waals surface area contributed by atoms with E-state index < -0.39 is 6.04 Å². The molecule has 3 aromatic carbocycles. The smallest absolute Gasteiger partial charge is 0.225 e. The average Bonchev–Trinajstić information content (AvgIpc) is 2.79. The molecule has 0 heterocycles. The first-order valence-corrected chi connectivity index (χ1v) is 10.7. The van der Waals surface area contributed by atoms with Gasteiger partial charge in [0.25, 0.3) is 0 Å². The summed E-state index contributed by atoms with van der Waals surface area (Å²) in [7, 11) is 0. The maximum atomic E-state index is 13.8. The number of carbonyl (C=O) groups excluding carboxylic acids is 2. The Bertz CT molecular complexity index is 1150. The predicted octanol–water partition coefficient (Wildman–Crippen LogP) is 4.80. The second-order valence-electron chi connectivity index (χ2n) is 8.06. The number of nitrogens with one attached hydrogen (secondary N) is 1. The fourth-order valence-corrected chi connectivity index (χ4v) is 3.59. The topological polar surface area (TPSA) is 73.2 Å². The largest absolute Gasteiger partial charge is 0.349 e. The fourth-order valence-electron chi connectivity index (χ4n) is 3.59. The highest BCUT2D eigenvalue weighted by Gasteiger charge is 2.22. The molecule has 33 heavy (non-hydrogen) atoms. The first-order chi connectivity index (χ1) is 15.8. The summed E-state index contributed by atoms with van der Waals surface area (Å²) in [5.41, 5.74) is 3.98. The Labute approximate surface area is 193 Å². The highest BCUT2D eigenvalue weighted by molar-refractivity contribution is 5.79. The molecule has 0 spiro atoms. The van der Waals surface area contributed by atoms with Crippen LogP contribution in [0.5, 0.6) is 0 Å². The van der Waals surface area contributed by atoms with Crippen LogP contribution in [-0.2, 0) is 22.7 Å². The number of aryl methyl sites for hydroxylation is 1. The normalized spacial score (nSPS) is 11.3. The quantitative estimate of drug-likeness (QED) is 0.543. The standard InChI is InChI=1S/C27H26FN3O2/c1-19-6-12-24(13-7-19)26(30-20(2)32)15-27(33)31(18-23-4-3-5-25(28)14-23)17-22-10-8-21(16-29)9-11-22/h3-14,26H,15,17-18H2,1-2H3,(H,30,32). The number of carbonyl (C=O) groups is 2. The van der Waals surface area contributed by atoms with E-state index in [0.717, 1.165) is 16.7 Å². The summed E-state index contributed by atoms with van der Waals surface area (Å²) < 4.78 is 13.8. The molecule has 1 atom stereocenters. The van der Waals surface area contributed by atoms with E-state index >= 15 is 0 Å². The minimum absolute atomic E-state index is 0.0637. The maximum absolute atomic E-state index is 13.8. The zero-order valence-corrected chi connectivity index (χ0v) is 18.7. The van der Waals surface area contributed by atoms with E-state index in [0.29, 0.717) is 17.7 Å². The van der Waals surface area contributed by atoms with Crippen LogP contribution in [0.25, 0.3) is 0 Å². The van der Waals surface area contributed by atoms with E-state index in [4.69, 9.17) is 5.26 Å². The molecule has 0 bridgehead atoms. The van der Waals surface area contributed by atoms with Crippen LogP contribution in [0.2, 0.25) is 0 Å². The molecule has 0 saturated heterocycles. The van der Waals surface area contributed by atoms with Crippen molar-refractivity contribution in [3.63, 3.8) is 0 Å². The van der Waals surface area contributed by atoms with Gasteiger partial charge in [0.05, 0.1) is 24.1 Å². The predicted molar refractivity (Wildman–Crippen MR) is 124 cm³/mol. The Morgan fingerprint density at radius 3 is 2.27 bits per heavy atom. The molecule has 0 fully saturated rings. The van der Waals surface area contributed by atoms with Crippen molar-refractivity contribution in [2.45, 2.75) is 39.4 Å². The maximum Gasteiger partial charge on any atom is 0.225 e. The molecule has 6 heteroatoms. The summed E-state index contributed by atoms with van der Waals surface area (Å²) in [6.07, 6.45) is 0.0637. The molecule has 3 aromatic rings. The Hall–Kier alpha value is -3.98. The van der Waals surface area contributed by atoms with Crippen molar-refractivity contribution in [1.29, 1.82) is 5.26 Å². The minimum Gasteiger partial charge on any atom is -0.349 e. The van der Waals surface area contributed by atoms with Crippen LogP contribution < -0.4 is 5.32 Å². The molecular formula is C27H26FN3O2. The molecule has 0 aromatic heterocycles. The van der Waals surface area contributed by atoms with E-state index in [1.54, 1.807) is 41.3 Å². The van der Waals surface area contributed by atoms with E-state index in [1.807, 2.05) is 31.2 Å². The fraction of sp³-hybridized carbons (Fsp3) is 0.222. The number of hydrogen-bond donors (Lipinski definition) is 1. The van der Waals surface area contributed by atoms with Crippen LogP contribution in [0.15, 0.2) is 72.8 Å². The minimum atomic E-state index is -0.480. The van der Waals surface area contributed by atoms with Crippen molar-refractivity contribution in [3.8, 4) is 6.07 Å². The van der Waals surface area contributed by atoms with Gasteiger partial charge in [0, 0.05) is 20.0 Å². The van der Waals surface area contributed by atoms with Gasteiger partial charge >= 0.3 is 0 Å². The van der Waals surface area contributed by atoms with Gasteiger partial charge in [0.1, 0.15) is 5.82 Å². The van der Waals surface area contributed by atoms with Crippen molar-refractivity contribution >= 4 is 11.8 Å². The number of nitrogens with zero attached hydrogens (tertiary/aromatic N) is 2. The molecule has 0 saturated carbocycles. The van der Waals surface area contributed by atoms with Crippen molar-refractivity contribution in [2.75, 3.05) is 0 Å². The van der Waals surface area contributed by atoms with E-state index in [1.165, 1.54) is 19.1 Å². The first-order valence-electron chi connectivity index (χ1n) is 10.7. The van der Waals surface area contributed by atoms with Gasteiger partial charge in [-0.3, -0.25) is 9.59 Å². The van der Waals surface area contributed by atoms with Crippen molar-refractivity contribution in [1.82, 2.24) is 10.2 Å². The van der Waals surface area contributed by atoms with Crippen LogP contribution in [0.4, 0.5) is 4.39 Å².